The van der Waals surface area contributed by atoms with Gasteiger partial charge >= 0.3 is 0 Å². The molecule has 0 amide bonds. The summed E-state index contributed by atoms with van der Waals surface area (Å²) < 4.78 is 2.11. The first-order chi connectivity index (χ1) is 9.10. The fourth-order valence-corrected chi connectivity index (χ4v) is 2.08. The first-order valence-electron chi connectivity index (χ1n) is 6.69. The molecular formula is C14H21N5. The normalized spacial score (nSPS) is 11.0. The Morgan fingerprint density at radius 3 is 2.79 bits per heavy atom. The summed E-state index contributed by atoms with van der Waals surface area (Å²) in [6, 6.07) is 1.96. The van der Waals surface area contributed by atoms with Gasteiger partial charge in [0.05, 0.1) is 6.54 Å². The first kappa shape index (κ1) is 13.5. The van der Waals surface area contributed by atoms with Crippen LogP contribution in [-0.2, 0) is 6.54 Å². The summed E-state index contributed by atoms with van der Waals surface area (Å²) >= 11 is 0. The van der Waals surface area contributed by atoms with Crippen LogP contribution >= 0.6 is 0 Å². The molecule has 0 aliphatic heterocycles. The van der Waals surface area contributed by atoms with E-state index in [0.29, 0.717) is 12.5 Å². The molecule has 2 heterocycles. The number of nitrogens with one attached hydrogen (secondary N) is 1. The summed E-state index contributed by atoms with van der Waals surface area (Å²) in [5.41, 5.74) is 0.979. The zero-order valence-electron chi connectivity index (χ0n) is 12.0. The Balaban J connectivity index is 2.25. The van der Waals surface area contributed by atoms with E-state index in [4.69, 9.17) is 0 Å². The van der Waals surface area contributed by atoms with E-state index in [0.717, 1.165) is 29.7 Å². The maximum Gasteiger partial charge on any atom is 0.150 e. The summed E-state index contributed by atoms with van der Waals surface area (Å²) in [7, 11) is 0. The van der Waals surface area contributed by atoms with E-state index in [1.165, 1.54) is 0 Å². The number of hydrogen-bond acceptors (Lipinski definition) is 4. The Labute approximate surface area is 114 Å². The molecular weight excluding hydrogens is 238 g/mol. The van der Waals surface area contributed by atoms with Crippen molar-refractivity contribution in [3.63, 3.8) is 0 Å². The quantitative estimate of drug-likeness (QED) is 0.896. The lowest BCUT2D eigenvalue weighted by Gasteiger charge is -2.11. The molecule has 19 heavy (non-hydrogen) atoms. The average Bonchev–Trinajstić information content (AvgIpc) is 2.76. The second-order valence-corrected chi connectivity index (χ2v) is 4.91. The highest BCUT2D eigenvalue weighted by Gasteiger charge is 2.09. The molecule has 0 aromatic carbocycles. The molecule has 0 aliphatic rings. The zero-order chi connectivity index (χ0) is 13.8. The Bertz CT molecular complexity index is 545. The number of nitrogens with zero attached hydrogens (tertiary/aromatic N) is 4. The maximum atomic E-state index is 4.53. The predicted octanol–water partition coefficient (Wildman–Crippen LogP) is 2.59. The smallest absolute Gasteiger partial charge is 0.150 e. The van der Waals surface area contributed by atoms with Crippen molar-refractivity contribution >= 4 is 5.82 Å². The second-order valence-electron chi connectivity index (χ2n) is 4.91. The minimum atomic E-state index is 0.396. The number of imidazole rings is 1. The van der Waals surface area contributed by atoms with Crippen LogP contribution in [0.15, 0.2) is 18.5 Å². The number of rotatable bonds is 5. The number of anilines is 1. The highest BCUT2D eigenvalue weighted by atomic mass is 15.1. The van der Waals surface area contributed by atoms with Crippen molar-refractivity contribution in [3.8, 4) is 0 Å². The fourth-order valence-electron chi connectivity index (χ4n) is 2.08. The van der Waals surface area contributed by atoms with Gasteiger partial charge in [-0.2, -0.15) is 0 Å². The van der Waals surface area contributed by atoms with E-state index >= 15 is 0 Å². The van der Waals surface area contributed by atoms with Gasteiger partial charge < -0.3 is 9.88 Å². The largest absolute Gasteiger partial charge is 0.370 e. The van der Waals surface area contributed by atoms with Gasteiger partial charge in [-0.05, 0) is 13.8 Å². The highest BCUT2D eigenvalue weighted by Crippen LogP contribution is 2.14. The van der Waals surface area contributed by atoms with E-state index in [2.05, 4.69) is 45.6 Å². The predicted molar refractivity (Wildman–Crippen MR) is 76.4 cm³/mol. The number of aryl methyl sites for hydroxylation is 1. The van der Waals surface area contributed by atoms with Crippen LogP contribution in [0.2, 0.25) is 0 Å². The third-order valence-corrected chi connectivity index (χ3v) is 2.83. The highest BCUT2D eigenvalue weighted by molar-refractivity contribution is 5.35. The summed E-state index contributed by atoms with van der Waals surface area (Å²) in [5, 5.41) is 3.23. The molecule has 0 fully saturated rings. The molecule has 2 aromatic rings. The molecule has 5 heteroatoms. The molecule has 0 saturated carbocycles. The van der Waals surface area contributed by atoms with Gasteiger partial charge in [0, 0.05) is 36.6 Å². The van der Waals surface area contributed by atoms with E-state index in [1.54, 1.807) is 0 Å². The maximum absolute atomic E-state index is 4.53. The minimum absolute atomic E-state index is 0.396. The van der Waals surface area contributed by atoms with Crippen LogP contribution in [-0.4, -0.2) is 26.1 Å². The van der Waals surface area contributed by atoms with Crippen LogP contribution in [0.25, 0.3) is 0 Å². The van der Waals surface area contributed by atoms with Gasteiger partial charge in [-0.3, -0.25) is 0 Å². The van der Waals surface area contributed by atoms with E-state index in [-0.39, 0.29) is 0 Å². The second kappa shape index (κ2) is 5.82. The van der Waals surface area contributed by atoms with Gasteiger partial charge in [0.1, 0.15) is 11.6 Å². The van der Waals surface area contributed by atoms with Crippen LogP contribution in [0.4, 0.5) is 5.82 Å². The molecule has 5 nitrogen and oxygen atoms in total. The molecule has 2 rings (SSSR count). The topological polar surface area (TPSA) is 55.6 Å². The molecule has 0 radical (unpaired) electrons. The Kier molecular flexibility index (Phi) is 4.14. The third kappa shape index (κ3) is 3.30. The van der Waals surface area contributed by atoms with Gasteiger partial charge in [0.25, 0.3) is 0 Å². The lowest BCUT2D eigenvalue weighted by molar-refractivity contribution is 0.648. The van der Waals surface area contributed by atoms with Crippen molar-refractivity contribution in [2.24, 2.45) is 0 Å². The molecule has 2 aromatic heterocycles. The number of aromatic nitrogens is 4. The lowest BCUT2D eigenvalue weighted by Crippen LogP contribution is -2.11. The van der Waals surface area contributed by atoms with Crippen LogP contribution in [0.5, 0.6) is 0 Å². The van der Waals surface area contributed by atoms with Crippen LogP contribution < -0.4 is 5.32 Å². The Morgan fingerprint density at radius 2 is 2.11 bits per heavy atom. The first-order valence-corrected chi connectivity index (χ1v) is 6.69. The Hall–Kier alpha value is -1.91. The average molecular weight is 259 g/mol. The molecule has 0 spiro atoms. The van der Waals surface area contributed by atoms with E-state index in [1.807, 2.05) is 25.4 Å². The summed E-state index contributed by atoms with van der Waals surface area (Å²) in [6.07, 6.45) is 3.81. The van der Waals surface area contributed by atoms with Gasteiger partial charge in [-0.25, -0.2) is 15.0 Å². The summed E-state index contributed by atoms with van der Waals surface area (Å²) in [4.78, 5) is 13.4. The summed E-state index contributed by atoms with van der Waals surface area (Å²) in [6.45, 7) is 9.85. The van der Waals surface area contributed by atoms with Gasteiger partial charge in [0.2, 0.25) is 0 Å². The fraction of sp³-hybridized carbons (Fsp3) is 0.500. The molecule has 102 valence electrons. The Morgan fingerprint density at radius 1 is 1.32 bits per heavy atom. The van der Waals surface area contributed by atoms with Crippen LogP contribution in [0, 0.1) is 6.92 Å². The van der Waals surface area contributed by atoms with E-state index < -0.39 is 0 Å². The minimum Gasteiger partial charge on any atom is -0.370 e. The molecule has 0 unspecified atom stereocenters. The summed E-state index contributed by atoms with van der Waals surface area (Å²) in [5.74, 6) is 3.16. The standard InChI is InChI=1S/C14H21N5/c1-5-15-12-8-11(4)17-13(18-12)9-19-7-6-16-14(19)10(2)3/h6-8,10H,5,9H2,1-4H3,(H,15,17,18). The third-order valence-electron chi connectivity index (χ3n) is 2.83. The zero-order valence-corrected chi connectivity index (χ0v) is 12.0. The van der Waals surface area contributed by atoms with Crippen molar-refractivity contribution in [1.82, 2.24) is 19.5 Å². The van der Waals surface area contributed by atoms with Crippen LogP contribution in [0.3, 0.4) is 0 Å². The van der Waals surface area contributed by atoms with Gasteiger partial charge in [0.15, 0.2) is 5.82 Å². The van der Waals surface area contributed by atoms with Crippen molar-refractivity contribution in [1.29, 1.82) is 0 Å². The molecule has 0 bridgehead atoms. The monoisotopic (exact) mass is 259 g/mol. The molecule has 1 N–H and O–H groups in total. The lowest BCUT2D eigenvalue weighted by atomic mass is 10.2. The van der Waals surface area contributed by atoms with Gasteiger partial charge in [-0.15, -0.1) is 0 Å². The van der Waals surface area contributed by atoms with Crippen molar-refractivity contribution in [2.45, 2.75) is 40.2 Å². The van der Waals surface area contributed by atoms with Crippen molar-refractivity contribution in [2.75, 3.05) is 11.9 Å². The SMILES string of the molecule is CCNc1cc(C)nc(Cn2ccnc2C(C)C)n1. The van der Waals surface area contributed by atoms with Crippen LogP contribution in [0.1, 0.15) is 44.0 Å². The van der Waals surface area contributed by atoms with Crippen molar-refractivity contribution in [3.05, 3.63) is 35.8 Å². The molecule has 0 saturated heterocycles. The van der Waals surface area contributed by atoms with Gasteiger partial charge in [-0.1, -0.05) is 13.8 Å². The molecule has 0 atom stereocenters. The van der Waals surface area contributed by atoms with Crippen molar-refractivity contribution < 1.29 is 0 Å². The van der Waals surface area contributed by atoms with E-state index in [9.17, 15) is 0 Å². The number of hydrogen-bond donors (Lipinski definition) is 1. The molecule has 0 aliphatic carbocycles.